The lowest BCUT2D eigenvalue weighted by Gasteiger charge is -2.35. The molecular formula is C28H32F4N4O2S. The van der Waals surface area contributed by atoms with E-state index in [9.17, 15) is 18.0 Å². The third kappa shape index (κ3) is 7.25. The lowest BCUT2D eigenvalue weighted by molar-refractivity contribution is -0.154. The molecule has 0 bridgehead atoms. The number of carbonyl (C=O) groups is 1. The van der Waals surface area contributed by atoms with E-state index in [-0.39, 0.29) is 17.8 Å². The summed E-state index contributed by atoms with van der Waals surface area (Å²) in [5, 5.41) is 4.03. The van der Waals surface area contributed by atoms with Gasteiger partial charge in [-0.1, -0.05) is 6.07 Å². The van der Waals surface area contributed by atoms with E-state index in [1.165, 1.54) is 6.07 Å². The minimum atomic E-state index is -4.41. The molecule has 2 aliphatic rings. The van der Waals surface area contributed by atoms with E-state index in [2.05, 4.69) is 20.2 Å². The van der Waals surface area contributed by atoms with E-state index in [0.717, 1.165) is 33.0 Å². The molecule has 1 saturated carbocycles. The Morgan fingerprint density at radius 3 is 2.69 bits per heavy atom. The van der Waals surface area contributed by atoms with Gasteiger partial charge in [0.2, 0.25) is 5.88 Å². The van der Waals surface area contributed by atoms with E-state index < -0.39 is 18.5 Å². The number of rotatable bonds is 7. The molecule has 0 unspecified atom stereocenters. The van der Waals surface area contributed by atoms with E-state index in [1.807, 2.05) is 25.1 Å². The first-order chi connectivity index (χ1) is 18.6. The number of thiazole rings is 1. The van der Waals surface area contributed by atoms with E-state index in [0.29, 0.717) is 63.6 Å². The number of aromatic nitrogens is 2. The minimum absolute atomic E-state index is 0.0233. The Labute approximate surface area is 228 Å². The normalized spacial score (nSPS) is 22.3. The maximum absolute atomic E-state index is 15.7. The largest absolute Gasteiger partial charge is 0.468 e. The van der Waals surface area contributed by atoms with Crippen LogP contribution >= 0.6 is 11.3 Å². The zero-order valence-corrected chi connectivity index (χ0v) is 22.6. The van der Waals surface area contributed by atoms with Crippen LogP contribution in [0.1, 0.15) is 58.7 Å². The number of nitrogens with zero attached hydrogens (tertiary/aromatic N) is 3. The van der Waals surface area contributed by atoms with Gasteiger partial charge in [0, 0.05) is 49.4 Å². The molecule has 1 aliphatic carbocycles. The molecule has 0 spiro atoms. The van der Waals surface area contributed by atoms with Crippen molar-refractivity contribution in [3.8, 4) is 5.88 Å². The summed E-state index contributed by atoms with van der Waals surface area (Å²) in [5.74, 6) is -0.173. The molecule has 39 heavy (non-hydrogen) atoms. The van der Waals surface area contributed by atoms with Gasteiger partial charge in [0.15, 0.2) is 6.61 Å². The first-order valence-corrected chi connectivity index (χ1v) is 14.1. The molecule has 11 heteroatoms. The second kappa shape index (κ2) is 11.4. The van der Waals surface area contributed by atoms with E-state index in [4.69, 9.17) is 4.74 Å². The molecule has 3 aromatic rings. The zero-order chi connectivity index (χ0) is 27.6. The fourth-order valence-corrected chi connectivity index (χ4v) is 6.22. The van der Waals surface area contributed by atoms with Crippen LogP contribution in [0.2, 0.25) is 0 Å². The number of hydrogen-bond donors (Lipinski definition) is 1. The maximum atomic E-state index is 15.7. The summed E-state index contributed by atoms with van der Waals surface area (Å²) in [6, 6.07) is 8.73. The average molecular weight is 565 g/mol. The number of nitrogens with one attached hydrogen (secondary N) is 1. The lowest BCUT2D eigenvalue weighted by atomic mass is 9.81. The molecule has 0 radical (unpaired) electrons. The predicted molar refractivity (Wildman–Crippen MR) is 142 cm³/mol. The molecule has 210 valence electrons. The molecule has 5 rings (SSSR count). The Kier molecular flexibility index (Phi) is 8.09. The van der Waals surface area contributed by atoms with Crippen LogP contribution in [-0.2, 0) is 12.8 Å². The van der Waals surface area contributed by atoms with Gasteiger partial charge in [-0.15, -0.1) is 11.3 Å². The highest BCUT2D eigenvalue weighted by atomic mass is 32.1. The van der Waals surface area contributed by atoms with Crippen molar-refractivity contribution in [2.24, 2.45) is 0 Å². The van der Waals surface area contributed by atoms with Crippen LogP contribution in [0, 0.1) is 6.92 Å². The number of carbonyl (C=O) groups excluding carboxylic acids is 1. The highest BCUT2D eigenvalue weighted by Gasteiger charge is 2.36. The first kappa shape index (κ1) is 27.8. The van der Waals surface area contributed by atoms with Crippen LogP contribution in [0.15, 0.2) is 30.3 Å². The summed E-state index contributed by atoms with van der Waals surface area (Å²) < 4.78 is 58.9. The Bertz CT molecular complexity index is 1320. The van der Waals surface area contributed by atoms with Crippen molar-refractivity contribution in [1.29, 1.82) is 0 Å². The van der Waals surface area contributed by atoms with Gasteiger partial charge < -0.3 is 15.0 Å². The Balaban J connectivity index is 1.07. The van der Waals surface area contributed by atoms with Crippen LogP contribution in [0.4, 0.5) is 17.6 Å². The van der Waals surface area contributed by atoms with Crippen LogP contribution in [0.25, 0.3) is 10.2 Å². The van der Waals surface area contributed by atoms with Crippen molar-refractivity contribution in [1.82, 2.24) is 20.2 Å². The zero-order valence-electron chi connectivity index (χ0n) is 21.8. The number of fused-ring (bicyclic) bond motifs is 2. The molecule has 2 aromatic heterocycles. The minimum Gasteiger partial charge on any atom is -0.468 e. The second-order valence-electron chi connectivity index (χ2n) is 10.6. The summed E-state index contributed by atoms with van der Waals surface area (Å²) in [6.07, 6.45) is -0.715. The highest BCUT2D eigenvalue weighted by Crippen LogP contribution is 2.35. The Hall–Kier alpha value is -2.79. The molecule has 1 N–H and O–H groups in total. The van der Waals surface area contributed by atoms with Crippen molar-refractivity contribution in [2.75, 3.05) is 26.2 Å². The SMILES string of the molecule is Cc1nc2cc(C(=O)N[C@H]3CC[C@](F)(CCN4CCc5ccc(OCC(F)(F)F)nc5CC4)CC3)ccc2s1. The van der Waals surface area contributed by atoms with Crippen molar-refractivity contribution in [2.45, 2.75) is 69.8 Å². The molecule has 1 aromatic carbocycles. The number of amides is 1. The van der Waals surface area contributed by atoms with E-state index >= 15 is 4.39 Å². The average Bonchev–Trinajstić information content (AvgIpc) is 3.15. The van der Waals surface area contributed by atoms with Crippen LogP contribution in [-0.4, -0.2) is 64.9 Å². The van der Waals surface area contributed by atoms with Crippen molar-refractivity contribution in [3.63, 3.8) is 0 Å². The van der Waals surface area contributed by atoms with Gasteiger partial charge in [0.25, 0.3) is 5.91 Å². The van der Waals surface area contributed by atoms with Crippen molar-refractivity contribution >= 4 is 27.5 Å². The number of pyridine rings is 1. The van der Waals surface area contributed by atoms with Gasteiger partial charge in [-0.2, -0.15) is 13.2 Å². The number of benzene rings is 1. The number of halogens is 4. The Morgan fingerprint density at radius 1 is 1.15 bits per heavy atom. The van der Waals surface area contributed by atoms with Crippen LogP contribution in [0.5, 0.6) is 5.88 Å². The summed E-state index contributed by atoms with van der Waals surface area (Å²) in [4.78, 5) is 23.7. The first-order valence-electron chi connectivity index (χ1n) is 13.3. The van der Waals surface area contributed by atoms with E-state index in [1.54, 1.807) is 17.4 Å². The topological polar surface area (TPSA) is 67.4 Å². The predicted octanol–water partition coefficient (Wildman–Crippen LogP) is 5.81. The number of ether oxygens (including phenoxy) is 1. The maximum Gasteiger partial charge on any atom is 0.422 e. The highest BCUT2D eigenvalue weighted by molar-refractivity contribution is 7.18. The van der Waals surface area contributed by atoms with Gasteiger partial charge in [0.05, 0.1) is 15.2 Å². The summed E-state index contributed by atoms with van der Waals surface area (Å²) in [6.45, 7) is 2.59. The fraction of sp³-hybridized carbons (Fsp3) is 0.536. The third-order valence-corrected chi connectivity index (χ3v) is 8.59. The third-order valence-electron chi connectivity index (χ3n) is 7.64. The van der Waals surface area contributed by atoms with Crippen molar-refractivity contribution < 1.29 is 27.1 Å². The number of hydrogen-bond acceptors (Lipinski definition) is 6. The molecule has 3 heterocycles. The monoisotopic (exact) mass is 564 g/mol. The molecule has 0 saturated heterocycles. The quantitative estimate of drug-likeness (QED) is 0.367. The van der Waals surface area contributed by atoms with Gasteiger partial charge in [-0.05, 0) is 69.2 Å². The van der Waals surface area contributed by atoms with Gasteiger partial charge in [0.1, 0.15) is 5.67 Å². The van der Waals surface area contributed by atoms with Crippen LogP contribution < -0.4 is 10.1 Å². The van der Waals surface area contributed by atoms with Gasteiger partial charge >= 0.3 is 6.18 Å². The molecule has 0 atom stereocenters. The second-order valence-corrected chi connectivity index (χ2v) is 11.8. The fourth-order valence-electron chi connectivity index (χ4n) is 5.41. The molecule has 1 amide bonds. The van der Waals surface area contributed by atoms with Crippen LogP contribution in [0.3, 0.4) is 0 Å². The lowest BCUT2D eigenvalue weighted by Crippen LogP contribution is -2.43. The Morgan fingerprint density at radius 2 is 1.92 bits per heavy atom. The summed E-state index contributed by atoms with van der Waals surface area (Å²) in [5.41, 5.74) is 1.85. The van der Waals surface area contributed by atoms with Gasteiger partial charge in [-0.3, -0.25) is 4.79 Å². The molecule has 1 aliphatic heterocycles. The standard InChI is InChI=1S/C28H32F4N4O2S/c1-18-33-23-16-20(2-4-24(23)39-18)26(37)34-21-6-10-27(29,11-7-21)12-15-36-13-8-19-3-5-25(35-22(19)9-14-36)38-17-28(30,31)32/h2-5,16,21H,6-15,17H2,1H3,(H,34,37)/t21-,27+. The number of alkyl halides is 4. The molecular weight excluding hydrogens is 532 g/mol. The summed E-state index contributed by atoms with van der Waals surface area (Å²) >= 11 is 1.59. The molecule has 1 fully saturated rings. The van der Waals surface area contributed by atoms with Crippen molar-refractivity contribution in [3.05, 3.63) is 52.2 Å². The number of aryl methyl sites for hydroxylation is 1. The summed E-state index contributed by atoms with van der Waals surface area (Å²) in [7, 11) is 0. The molecule has 6 nitrogen and oxygen atoms in total. The smallest absolute Gasteiger partial charge is 0.422 e. The van der Waals surface area contributed by atoms with Gasteiger partial charge in [-0.25, -0.2) is 14.4 Å².